The van der Waals surface area contributed by atoms with Crippen LogP contribution in [0.5, 0.6) is 5.75 Å². The van der Waals surface area contributed by atoms with Crippen molar-refractivity contribution >= 4 is 29.1 Å². The van der Waals surface area contributed by atoms with E-state index in [-0.39, 0.29) is 16.7 Å². The number of ether oxygens (including phenoxy) is 1. The highest BCUT2D eigenvalue weighted by atomic mass is 32.2. The van der Waals surface area contributed by atoms with Crippen LogP contribution in [0.1, 0.15) is 24.0 Å². The van der Waals surface area contributed by atoms with Crippen LogP contribution in [0.25, 0.3) is 0 Å². The van der Waals surface area contributed by atoms with E-state index in [0.717, 1.165) is 44.4 Å². The number of thiazole rings is 1. The highest BCUT2D eigenvalue weighted by Crippen LogP contribution is 2.34. The van der Waals surface area contributed by atoms with E-state index >= 15 is 0 Å². The van der Waals surface area contributed by atoms with Crippen molar-refractivity contribution < 1.29 is 13.5 Å². The van der Waals surface area contributed by atoms with Crippen LogP contribution in [0.4, 0.5) is 14.6 Å². The van der Waals surface area contributed by atoms with E-state index in [1.807, 2.05) is 18.2 Å². The second-order valence-corrected chi connectivity index (χ2v) is 8.82. The van der Waals surface area contributed by atoms with Crippen molar-refractivity contribution in [3.8, 4) is 5.75 Å². The van der Waals surface area contributed by atoms with Crippen LogP contribution in [0, 0.1) is 18.6 Å². The zero-order chi connectivity index (χ0) is 20.9. The molecule has 0 bridgehead atoms. The summed E-state index contributed by atoms with van der Waals surface area (Å²) in [4.78, 5) is 6.36. The lowest BCUT2D eigenvalue weighted by Gasteiger charge is -2.32. The van der Waals surface area contributed by atoms with Crippen LogP contribution in [0.2, 0.25) is 0 Å². The number of nitrogens with one attached hydrogen (secondary N) is 1. The number of benzene rings is 2. The predicted molar refractivity (Wildman–Crippen MR) is 118 cm³/mol. The van der Waals surface area contributed by atoms with Gasteiger partial charge >= 0.3 is 0 Å². The minimum Gasteiger partial charge on any atom is -0.490 e. The first-order valence-electron chi connectivity index (χ1n) is 9.82. The van der Waals surface area contributed by atoms with Crippen molar-refractivity contribution in [1.82, 2.24) is 9.88 Å². The quantitative estimate of drug-likeness (QED) is 0.457. The van der Waals surface area contributed by atoms with Crippen molar-refractivity contribution in [3.05, 3.63) is 70.1 Å². The molecule has 0 atom stereocenters. The maximum Gasteiger partial charge on any atom is 0.148 e. The van der Waals surface area contributed by atoms with E-state index < -0.39 is 11.6 Å². The summed E-state index contributed by atoms with van der Waals surface area (Å²) in [6.45, 7) is 4.33. The normalized spacial score (nSPS) is 15.3. The zero-order valence-electron chi connectivity index (χ0n) is 16.6. The van der Waals surface area contributed by atoms with Gasteiger partial charge in [0.15, 0.2) is 0 Å². The topological polar surface area (TPSA) is 37.4 Å². The fourth-order valence-electron chi connectivity index (χ4n) is 3.46. The fraction of sp³-hybridized carbons (Fsp3) is 0.318. The molecule has 0 unspecified atom stereocenters. The maximum atomic E-state index is 14.8. The molecular formula is C22H23F2N3OS2. The summed E-state index contributed by atoms with van der Waals surface area (Å²) in [6.07, 6.45) is 1.62. The van der Waals surface area contributed by atoms with E-state index in [1.165, 1.54) is 23.0 Å². The number of anilines is 1. The van der Waals surface area contributed by atoms with Crippen molar-refractivity contribution in [2.24, 2.45) is 0 Å². The summed E-state index contributed by atoms with van der Waals surface area (Å²) >= 11 is 2.29. The molecule has 158 valence electrons. The molecule has 2 heterocycles. The van der Waals surface area contributed by atoms with Gasteiger partial charge in [-0.25, -0.2) is 13.8 Å². The number of piperidine rings is 1. The molecule has 1 aromatic heterocycles. The van der Waals surface area contributed by atoms with Gasteiger partial charge in [-0.15, -0.1) is 11.3 Å². The molecule has 1 aliphatic rings. The molecule has 8 heteroatoms. The summed E-state index contributed by atoms with van der Waals surface area (Å²) in [6, 6.07) is 11.7. The SMILES string of the molecule is Cc1c(OC2CCN(Cc3ccccc3)CC2)cc(F)c(SNc2cscn2)c1F. The molecule has 1 N–H and O–H groups in total. The smallest absolute Gasteiger partial charge is 0.148 e. The Balaban J connectivity index is 1.35. The first-order chi connectivity index (χ1) is 14.6. The van der Waals surface area contributed by atoms with Crippen LogP contribution in [-0.4, -0.2) is 29.1 Å². The highest BCUT2D eigenvalue weighted by molar-refractivity contribution is 8.00. The molecule has 4 rings (SSSR count). The lowest BCUT2D eigenvalue weighted by molar-refractivity contribution is 0.0955. The fourth-order valence-corrected chi connectivity index (χ4v) is 4.74. The second kappa shape index (κ2) is 9.76. The minimum atomic E-state index is -0.637. The van der Waals surface area contributed by atoms with Gasteiger partial charge in [-0.3, -0.25) is 4.90 Å². The number of hydrogen-bond acceptors (Lipinski definition) is 6. The molecule has 0 aliphatic carbocycles. The average molecular weight is 448 g/mol. The van der Waals surface area contributed by atoms with E-state index in [2.05, 4.69) is 26.7 Å². The van der Waals surface area contributed by atoms with Gasteiger partial charge < -0.3 is 9.46 Å². The van der Waals surface area contributed by atoms with Gasteiger partial charge in [-0.2, -0.15) is 0 Å². The Kier molecular flexibility index (Phi) is 6.86. The van der Waals surface area contributed by atoms with Gasteiger partial charge in [-0.1, -0.05) is 30.3 Å². The van der Waals surface area contributed by atoms with Gasteiger partial charge in [0.2, 0.25) is 0 Å². The Hall–Kier alpha value is -2.16. The summed E-state index contributed by atoms with van der Waals surface area (Å²) in [5.74, 6) is -0.379. The number of halogens is 2. The Morgan fingerprint density at radius 1 is 1.23 bits per heavy atom. The molecule has 3 aromatic rings. The lowest BCUT2D eigenvalue weighted by atomic mass is 10.1. The van der Waals surface area contributed by atoms with Gasteiger partial charge in [0.1, 0.15) is 34.2 Å². The molecule has 0 spiro atoms. The summed E-state index contributed by atoms with van der Waals surface area (Å²) in [5, 5.41) is 1.78. The number of nitrogens with zero attached hydrogens (tertiary/aromatic N) is 2. The first kappa shape index (κ1) is 21.1. The molecular weight excluding hydrogens is 424 g/mol. The van der Waals surface area contributed by atoms with E-state index in [4.69, 9.17) is 4.74 Å². The predicted octanol–water partition coefficient (Wildman–Crippen LogP) is 5.89. The van der Waals surface area contributed by atoms with E-state index in [0.29, 0.717) is 11.4 Å². The minimum absolute atomic E-state index is 0.0406. The van der Waals surface area contributed by atoms with Crippen LogP contribution >= 0.6 is 23.3 Å². The summed E-state index contributed by atoms with van der Waals surface area (Å²) < 4.78 is 38.2. The molecule has 1 aliphatic heterocycles. The molecule has 0 saturated carbocycles. The number of rotatable bonds is 7. The maximum absolute atomic E-state index is 14.8. The third-order valence-electron chi connectivity index (χ3n) is 5.14. The number of likely N-dealkylation sites (tertiary alicyclic amines) is 1. The largest absolute Gasteiger partial charge is 0.490 e. The third-order valence-corrected chi connectivity index (χ3v) is 6.62. The average Bonchev–Trinajstić information content (AvgIpc) is 3.27. The Labute approximate surface area is 183 Å². The number of aromatic nitrogens is 1. The van der Waals surface area contributed by atoms with Crippen LogP contribution < -0.4 is 9.46 Å². The molecule has 1 saturated heterocycles. The lowest BCUT2D eigenvalue weighted by Crippen LogP contribution is -2.37. The molecule has 0 amide bonds. The van der Waals surface area contributed by atoms with Gasteiger partial charge in [0, 0.05) is 36.6 Å². The van der Waals surface area contributed by atoms with Crippen LogP contribution in [0.15, 0.2) is 52.2 Å². The Morgan fingerprint density at radius 2 is 2.00 bits per heavy atom. The standard InChI is InChI=1S/C22H23F2N3OS2/c1-15-19(11-18(23)22(21(15)24)30-26-20-13-29-14-25-20)28-17-7-9-27(10-8-17)12-16-5-3-2-4-6-16/h2-6,11,13-14,17,26H,7-10,12H2,1H3. The Bertz CT molecular complexity index is 962. The molecule has 1 fully saturated rings. The Morgan fingerprint density at radius 3 is 2.70 bits per heavy atom. The highest BCUT2D eigenvalue weighted by Gasteiger charge is 2.24. The van der Waals surface area contributed by atoms with Crippen molar-refractivity contribution in [1.29, 1.82) is 0 Å². The third kappa shape index (κ3) is 5.11. The zero-order valence-corrected chi connectivity index (χ0v) is 18.2. The molecule has 0 radical (unpaired) electrons. The molecule has 4 nitrogen and oxygen atoms in total. The van der Waals surface area contributed by atoms with E-state index in [9.17, 15) is 8.78 Å². The summed E-state index contributed by atoms with van der Waals surface area (Å²) in [7, 11) is 0. The second-order valence-electron chi connectivity index (χ2n) is 7.28. The van der Waals surface area contributed by atoms with Gasteiger partial charge in [0.25, 0.3) is 0 Å². The van der Waals surface area contributed by atoms with Crippen LogP contribution in [-0.2, 0) is 6.54 Å². The monoisotopic (exact) mass is 447 g/mol. The van der Waals surface area contributed by atoms with Crippen LogP contribution in [0.3, 0.4) is 0 Å². The van der Waals surface area contributed by atoms with Crippen molar-refractivity contribution in [2.75, 3.05) is 17.8 Å². The molecule has 2 aromatic carbocycles. The van der Waals surface area contributed by atoms with E-state index in [1.54, 1.807) is 17.8 Å². The van der Waals surface area contributed by atoms with Gasteiger partial charge in [-0.05, 0) is 37.3 Å². The van der Waals surface area contributed by atoms with Gasteiger partial charge in [0.05, 0.1) is 5.51 Å². The number of hydrogen-bond donors (Lipinski definition) is 1. The molecule has 30 heavy (non-hydrogen) atoms. The van der Waals surface area contributed by atoms with Crippen molar-refractivity contribution in [2.45, 2.75) is 37.3 Å². The summed E-state index contributed by atoms with van der Waals surface area (Å²) in [5.41, 5.74) is 3.27. The van der Waals surface area contributed by atoms with Crippen molar-refractivity contribution in [3.63, 3.8) is 0 Å². The first-order valence-corrected chi connectivity index (χ1v) is 11.6.